The van der Waals surface area contributed by atoms with Crippen molar-refractivity contribution in [3.8, 4) is 134 Å². The standard InChI is InChI=1S/C30H32N.2C29H30N.C27H26N/c1-19-14-22(4)30(23(5)15-19)28-17-29(31(7)18-24(28)6)27-16-25(13-12-21(27)3)26-11-9-8-10-20(26)2;1-19-10-7-8-13-25(19)24-15-14-20(2)26(16-24)28-17-27(23(5)18-30(28)6)29-21(3)11-9-12-22(29)4;1-19-11-14-26(22(4)15-19)27-17-29(30(6)18-23(27)5)28-16-24(13-12-21(28)3)25-10-8-7-9-20(25)2;1-19-10-8-9-13-24(19)25-18-26(21(3)16-20(25)2)27-17-23(14-15-28(27)4)22-11-6-5-7-12-22/h8-18H,1-7H3;2*7-18H,1-6H3;5-18H,1-4H3/q4*+1. The largest absolute Gasteiger partial charge is 0.213 e. The van der Waals surface area contributed by atoms with Crippen LogP contribution in [-0.4, -0.2) is 0 Å². The van der Waals surface area contributed by atoms with Gasteiger partial charge < -0.3 is 0 Å². The van der Waals surface area contributed by atoms with Crippen LogP contribution in [0.4, 0.5) is 0 Å². The smallest absolute Gasteiger partial charge is 0.201 e. The van der Waals surface area contributed by atoms with Gasteiger partial charge in [-0.1, -0.05) is 230 Å². The molecule has 0 bridgehead atoms. The number of aromatic nitrogens is 4. The molecule has 0 fully saturated rings. The van der Waals surface area contributed by atoms with Crippen molar-refractivity contribution in [2.24, 2.45) is 28.2 Å². The van der Waals surface area contributed by atoms with Crippen molar-refractivity contribution in [3.63, 3.8) is 0 Å². The predicted molar refractivity (Wildman–Crippen MR) is 506 cm³/mol. The Kier molecular flexibility index (Phi) is 25.7. The molecule has 594 valence electrons. The summed E-state index contributed by atoms with van der Waals surface area (Å²) in [5, 5.41) is 0. The van der Waals surface area contributed by atoms with Gasteiger partial charge in [-0.2, -0.15) is 0 Å². The first kappa shape index (κ1) is 84.2. The van der Waals surface area contributed by atoms with Gasteiger partial charge >= 0.3 is 0 Å². The zero-order chi connectivity index (χ0) is 84.8. The molecule has 0 unspecified atom stereocenters. The van der Waals surface area contributed by atoms with Crippen molar-refractivity contribution in [2.75, 3.05) is 0 Å². The SMILES string of the molecule is Cc1cc(C)c(-c2cc(-c3cc(-c4ccccc4C)ccc3C)[n+](C)cc2C)c(C)c1.Cc1ccc(-c2cc(-c3cc(-c4ccccc4C)ccc3C)[n+](C)cc2C)c(C)c1.Cc1ccccc1-c1cc(-c2cc(-c3ccccc3)cc[n+]2C)c(C)cc1C.Cc1ccccc1-c1ccc(C)c(-c2cc(-c3c(C)cccc3C)c(C)c[n+]2C)c1. The summed E-state index contributed by atoms with van der Waals surface area (Å²) < 4.78 is 9.00. The topological polar surface area (TPSA) is 15.5 Å². The van der Waals surface area contributed by atoms with Crippen LogP contribution in [0.3, 0.4) is 0 Å². The summed E-state index contributed by atoms with van der Waals surface area (Å²) in [6.45, 7) is 41.8. The monoisotopic (exact) mass is 1550 g/mol. The number of pyridine rings is 4. The fraction of sp³-hybridized carbons (Fsp3) is 0.200. The lowest BCUT2D eigenvalue weighted by Gasteiger charge is -2.15. The third-order valence-corrected chi connectivity index (χ3v) is 24.2. The maximum absolute atomic E-state index is 2.38. The van der Waals surface area contributed by atoms with Gasteiger partial charge in [0, 0.05) is 69.3 Å². The van der Waals surface area contributed by atoms with E-state index < -0.39 is 0 Å². The summed E-state index contributed by atoms with van der Waals surface area (Å²) in [6.07, 6.45) is 8.94. The molecule has 0 saturated carbocycles. The minimum absolute atomic E-state index is 1.23. The summed E-state index contributed by atoms with van der Waals surface area (Å²) in [4.78, 5) is 0. The molecule has 0 aliphatic rings. The zero-order valence-corrected chi connectivity index (χ0v) is 74.6. The Morgan fingerprint density at radius 1 is 0.151 bits per heavy atom. The van der Waals surface area contributed by atoms with E-state index in [9.17, 15) is 0 Å². The molecular formula is C115H118N4+4. The molecule has 0 aliphatic heterocycles. The second kappa shape index (κ2) is 36.4. The second-order valence-corrected chi connectivity index (χ2v) is 33.6. The number of aryl methyl sites for hydroxylation is 23. The highest BCUT2D eigenvalue weighted by molar-refractivity contribution is 5.85. The van der Waals surface area contributed by atoms with E-state index in [1.165, 1.54) is 240 Å². The number of hydrogen-bond donors (Lipinski definition) is 0. The van der Waals surface area contributed by atoms with E-state index in [-0.39, 0.29) is 0 Å². The lowest BCUT2D eigenvalue weighted by atomic mass is 9.90. The first-order valence-electron chi connectivity index (χ1n) is 42.0. The number of hydrogen-bond acceptors (Lipinski definition) is 0. The summed E-state index contributed by atoms with van der Waals surface area (Å²) in [6, 6.07) is 99.7. The molecule has 16 rings (SSSR count). The molecule has 4 heterocycles. The molecule has 0 amide bonds. The van der Waals surface area contributed by atoms with Crippen LogP contribution in [0.2, 0.25) is 0 Å². The molecule has 0 saturated heterocycles. The number of nitrogens with zero attached hydrogens (tertiary/aromatic N) is 4. The van der Waals surface area contributed by atoms with Crippen LogP contribution in [0.15, 0.2) is 298 Å². The molecule has 0 atom stereocenters. The van der Waals surface area contributed by atoms with Crippen molar-refractivity contribution >= 4 is 0 Å². The number of rotatable bonds is 12. The van der Waals surface area contributed by atoms with E-state index in [4.69, 9.17) is 0 Å². The summed E-state index contributed by atoms with van der Waals surface area (Å²) in [5.74, 6) is 0. The van der Waals surface area contributed by atoms with E-state index >= 15 is 0 Å². The summed E-state index contributed by atoms with van der Waals surface area (Å²) in [5.41, 5.74) is 55.7. The van der Waals surface area contributed by atoms with Gasteiger partial charge in [-0.05, 0) is 323 Å². The van der Waals surface area contributed by atoms with Crippen LogP contribution in [0, 0.1) is 132 Å². The van der Waals surface area contributed by atoms with E-state index in [2.05, 4.69) is 476 Å². The van der Waals surface area contributed by atoms with Crippen LogP contribution in [0.25, 0.3) is 134 Å². The Labute approximate surface area is 710 Å². The van der Waals surface area contributed by atoms with E-state index in [1.54, 1.807) is 0 Å². The molecule has 0 spiro atoms. The lowest BCUT2D eigenvalue weighted by Crippen LogP contribution is -2.31. The normalized spacial score (nSPS) is 11.0. The Morgan fingerprint density at radius 2 is 0.471 bits per heavy atom. The third-order valence-electron chi connectivity index (χ3n) is 24.2. The highest BCUT2D eigenvalue weighted by Gasteiger charge is 2.25. The highest BCUT2D eigenvalue weighted by Crippen LogP contribution is 2.41. The minimum atomic E-state index is 1.23. The van der Waals surface area contributed by atoms with Crippen molar-refractivity contribution in [3.05, 3.63) is 403 Å². The Balaban J connectivity index is 0.000000137. The highest BCUT2D eigenvalue weighted by atomic mass is 14.9. The predicted octanol–water partition coefficient (Wildman–Crippen LogP) is 27.9. The van der Waals surface area contributed by atoms with Gasteiger partial charge in [0.05, 0.1) is 0 Å². The molecule has 4 heteroatoms. The Hall–Kier alpha value is -12.8. The average molecular weight is 1560 g/mol. The van der Waals surface area contributed by atoms with E-state index in [0.29, 0.717) is 0 Å². The fourth-order valence-electron chi connectivity index (χ4n) is 17.8. The zero-order valence-electron chi connectivity index (χ0n) is 74.6. The van der Waals surface area contributed by atoms with Gasteiger partial charge in [-0.15, -0.1) is 0 Å². The van der Waals surface area contributed by atoms with Crippen LogP contribution < -0.4 is 18.3 Å². The molecule has 16 aromatic rings. The van der Waals surface area contributed by atoms with Crippen molar-refractivity contribution in [1.82, 2.24) is 0 Å². The molecule has 4 aromatic heterocycles. The maximum atomic E-state index is 2.38. The average Bonchev–Trinajstić information content (AvgIpc) is 0.782. The molecule has 0 radical (unpaired) electrons. The first-order valence-corrected chi connectivity index (χ1v) is 42.0. The fourth-order valence-corrected chi connectivity index (χ4v) is 17.8. The van der Waals surface area contributed by atoms with E-state index in [0.717, 1.165) is 0 Å². The molecular weight excluding hydrogens is 1440 g/mol. The van der Waals surface area contributed by atoms with Gasteiger partial charge in [-0.3, -0.25) is 0 Å². The van der Waals surface area contributed by atoms with Gasteiger partial charge in [0.15, 0.2) is 24.8 Å². The summed E-state index contributed by atoms with van der Waals surface area (Å²) >= 11 is 0. The van der Waals surface area contributed by atoms with Crippen molar-refractivity contribution in [1.29, 1.82) is 0 Å². The lowest BCUT2D eigenvalue weighted by molar-refractivity contribution is -0.660. The van der Waals surface area contributed by atoms with Gasteiger partial charge in [0.1, 0.15) is 28.2 Å². The number of benzene rings is 12. The second-order valence-electron chi connectivity index (χ2n) is 33.6. The van der Waals surface area contributed by atoms with Crippen molar-refractivity contribution < 1.29 is 18.3 Å². The Bertz CT molecular complexity index is 6460. The minimum Gasteiger partial charge on any atom is -0.201 e. The molecule has 0 aliphatic carbocycles. The van der Waals surface area contributed by atoms with Gasteiger partial charge in [0.25, 0.3) is 0 Å². The molecule has 119 heavy (non-hydrogen) atoms. The van der Waals surface area contributed by atoms with E-state index in [1.807, 2.05) is 0 Å². The quantitative estimate of drug-likeness (QED) is 0.108. The van der Waals surface area contributed by atoms with Gasteiger partial charge in [0.2, 0.25) is 22.8 Å². The van der Waals surface area contributed by atoms with Crippen LogP contribution in [-0.2, 0) is 28.2 Å². The molecule has 4 nitrogen and oxygen atoms in total. The maximum Gasteiger partial charge on any atom is 0.213 e. The van der Waals surface area contributed by atoms with Crippen LogP contribution in [0.1, 0.15) is 106 Å². The van der Waals surface area contributed by atoms with Gasteiger partial charge in [-0.25, -0.2) is 18.3 Å². The molecule has 0 N–H and O–H groups in total. The third kappa shape index (κ3) is 18.5. The Morgan fingerprint density at radius 3 is 0.899 bits per heavy atom. The van der Waals surface area contributed by atoms with Crippen molar-refractivity contribution in [2.45, 2.75) is 132 Å². The first-order chi connectivity index (χ1) is 57.0. The van der Waals surface area contributed by atoms with Crippen LogP contribution >= 0.6 is 0 Å². The molecule has 12 aromatic carbocycles. The summed E-state index contributed by atoms with van der Waals surface area (Å²) in [7, 11) is 8.57. The van der Waals surface area contributed by atoms with Crippen LogP contribution in [0.5, 0.6) is 0 Å².